The summed E-state index contributed by atoms with van der Waals surface area (Å²) in [5.74, 6) is 0.710. The van der Waals surface area contributed by atoms with Crippen LogP contribution in [0.4, 0.5) is 5.69 Å². The van der Waals surface area contributed by atoms with Crippen LogP contribution in [0.1, 0.15) is 31.7 Å². The van der Waals surface area contributed by atoms with Crippen LogP contribution in [0.5, 0.6) is 0 Å². The topological polar surface area (TPSA) is 54.9 Å². The summed E-state index contributed by atoms with van der Waals surface area (Å²) in [6.45, 7) is 6.00. The van der Waals surface area contributed by atoms with E-state index in [2.05, 4.69) is 22.2 Å². The molecular formula is C23H25N3OS. The van der Waals surface area contributed by atoms with Gasteiger partial charge in [0.2, 0.25) is 5.91 Å². The van der Waals surface area contributed by atoms with Crippen molar-refractivity contribution in [3.05, 3.63) is 72.1 Å². The van der Waals surface area contributed by atoms with Crippen LogP contribution in [0.2, 0.25) is 0 Å². The third-order valence-electron chi connectivity index (χ3n) is 4.47. The fourth-order valence-electron chi connectivity index (χ4n) is 2.99. The maximum atomic E-state index is 12.9. The third-order valence-corrected chi connectivity index (χ3v) is 5.75. The Hall–Kier alpha value is -2.66. The molecule has 1 amide bonds. The van der Waals surface area contributed by atoms with Crippen LogP contribution in [-0.2, 0) is 11.2 Å². The molecule has 0 saturated heterocycles. The van der Waals surface area contributed by atoms with E-state index in [0.29, 0.717) is 12.2 Å². The normalized spacial score (nSPS) is 11.8. The molecule has 0 bridgehead atoms. The minimum Gasteiger partial charge on any atom is -0.325 e. The number of anilines is 1. The van der Waals surface area contributed by atoms with E-state index in [0.717, 1.165) is 34.0 Å². The first kappa shape index (κ1) is 20.1. The van der Waals surface area contributed by atoms with Crippen molar-refractivity contribution in [2.75, 3.05) is 5.32 Å². The number of nitrogens with zero attached hydrogens (tertiary/aromatic N) is 2. The van der Waals surface area contributed by atoms with E-state index in [4.69, 9.17) is 0 Å². The summed E-state index contributed by atoms with van der Waals surface area (Å²) in [5.41, 5.74) is 3.95. The summed E-state index contributed by atoms with van der Waals surface area (Å²) in [5, 5.41) is 3.69. The second-order valence-corrected chi connectivity index (χ2v) is 7.74. The molecule has 5 heteroatoms. The fourth-order valence-corrected chi connectivity index (χ4v) is 3.98. The van der Waals surface area contributed by atoms with Crippen LogP contribution in [0.3, 0.4) is 0 Å². The van der Waals surface area contributed by atoms with Crippen LogP contribution < -0.4 is 5.32 Å². The zero-order valence-electron chi connectivity index (χ0n) is 16.5. The van der Waals surface area contributed by atoms with Crippen molar-refractivity contribution in [1.82, 2.24) is 9.97 Å². The quantitative estimate of drug-likeness (QED) is 0.425. The largest absolute Gasteiger partial charge is 0.325 e. The number of hydrogen-bond donors (Lipinski definition) is 1. The summed E-state index contributed by atoms with van der Waals surface area (Å²) in [6.07, 6.45) is 1.60. The monoisotopic (exact) mass is 391 g/mol. The van der Waals surface area contributed by atoms with E-state index >= 15 is 0 Å². The molecule has 0 fully saturated rings. The molecule has 1 heterocycles. The number of rotatable bonds is 7. The molecule has 3 aromatic rings. The van der Waals surface area contributed by atoms with Gasteiger partial charge < -0.3 is 5.32 Å². The number of hydrogen-bond acceptors (Lipinski definition) is 4. The number of aromatic nitrogens is 2. The minimum atomic E-state index is -0.220. The molecule has 3 rings (SSSR count). The predicted molar refractivity (Wildman–Crippen MR) is 117 cm³/mol. The van der Waals surface area contributed by atoms with Gasteiger partial charge in [-0.2, -0.15) is 0 Å². The lowest BCUT2D eigenvalue weighted by atomic mass is 10.1. The van der Waals surface area contributed by atoms with Gasteiger partial charge in [0, 0.05) is 11.3 Å². The van der Waals surface area contributed by atoms with Crippen molar-refractivity contribution < 1.29 is 4.79 Å². The molecule has 1 unspecified atom stereocenters. The Morgan fingerprint density at radius 3 is 2.46 bits per heavy atom. The predicted octanol–water partition coefficient (Wildman–Crippen LogP) is 5.52. The molecule has 0 aliphatic rings. The first-order valence-corrected chi connectivity index (χ1v) is 10.4. The zero-order chi connectivity index (χ0) is 19.9. The smallest absolute Gasteiger partial charge is 0.237 e. The molecule has 1 aromatic heterocycles. The molecule has 0 radical (unpaired) electrons. The molecular weight excluding hydrogens is 366 g/mol. The average Bonchev–Trinajstić information content (AvgIpc) is 2.72. The Balaban J connectivity index is 1.79. The molecule has 2 aromatic carbocycles. The Labute approximate surface area is 170 Å². The van der Waals surface area contributed by atoms with Gasteiger partial charge in [-0.3, -0.25) is 4.79 Å². The summed E-state index contributed by atoms with van der Waals surface area (Å²) in [6, 6.07) is 19.9. The number of carbonyl (C=O) groups is 1. The summed E-state index contributed by atoms with van der Waals surface area (Å²) >= 11 is 1.49. The Morgan fingerprint density at radius 1 is 1.04 bits per heavy atom. The van der Waals surface area contributed by atoms with Crippen LogP contribution in [0, 0.1) is 6.92 Å². The van der Waals surface area contributed by atoms with E-state index in [9.17, 15) is 4.79 Å². The van der Waals surface area contributed by atoms with Gasteiger partial charge in [0.25, 0.3) is 0 Å². The highest BCUT2D eigenvalue weighted by atomic mass is 32.2. The third kappa shape index (κ3) is 4.98. The van der Waals surface area contributed by atoms with E-state index < -0.39 is 0 Å². The first-order valence-electron chi connectivity index (χ1n) is 9.57. The van der Waals surface area contributed by atoms with Gasteiger partial charge in [-0.15, -0.1) is 0 Å². The van der Waals surface area contributed by atoms with Gasteiger partial charge in [-0.1, -0.05) is 74.1 Å². The molecule has 0 spiro atoms. The molecule has 144 valence electrons. The van der Waals surface area contributed by atoms with E-state index in [-0.39, 0.29) is 11.2 Å². The van der Waals surface area contributed by atoms with Crippen molar-refractivity contribution in [3.63, 3.8) is 0 Å². The highest BCUT2D eigenvalue weighted by Crippen LogP contribution is 2.28. The SMILES string of the molecule is CCc1ccccc1NC(=O)C(CC)Sc1cc(-c2ccccc2)nc(C)n1. The summed E-state index contributed by atoms with van der Waals surface area (Å²) in [7, 11) is 0. The van der Waals surface area contributed by atoms with Crippen molar-refractivity contribution in [2.45, 2.75) is 43.9 Å². The molecule has 0 saturated carbocycles. The number of amides is 1. The van der Waals surface area contributed by atoms with Crippen LogP contribution in [0.15, 0.2) is 65.7 Å². The van der Waals surface area contributed by atoms with Gasteiger partial charge in [-0.25, -0.2) is 9.97 Å². The maximum absolute atomic E-state index is 12.9. The number of thioether (sulfide) groups is 1. The molecule has 4 nitrogen and oxygen atoms in total. The lowest BCUT2D eigenvalue weighted by molar-refractivity contribution is -0.115. The molecule has 0 aliphatic heterocycles. The average molecular weight is 392 g/mol. The highest BCUT2D eigenvalue weighted by Gasteiger charge is 2.20. The van der Waals surface area contributed by atoms with Gasteiger partial charge in [-0.05, 0) is 37.5 Å². The lowest BCUT2D eigenvalue weighted by Gasteiger charge is -2.16. The molecule has 0 aliphatic carbocycles. The number of benzene rings is 2. The molecule has 28 heavy (non-hydrogen) atoms. The fraction of sp³-hybridized carbons (Fsp3) is 0.261. The molecule has 1 N–H and O–H groups in total. The molecule has 1 atom stereocenters. The van der Waals surface area contributed by atoms with Gasteiger partial charge in [0.1, 0.15) is 10.9 Å². The second-order valence-electron chi connectivity index (χ2n) is 6.52. The lowest BCUT2D eigenvalue weighted by Crippen LogP contribution is -2.25. The number of aryl methyl sites for hydroxylation is 2. The number of carbonyl (C=O) groups excluding carboxylic acids is 1. The standard InChI is InChI=1S/C23H25N3OS/c1-4-17-11-9-10-14-19(17)26-23(27)21(5-2)28-22-15-20(24-16(3)25-22)18-12-7-6-8-13-18/h6-15,21H,4-5H2,1-3H3,(H,26,27). The summed E-state index contributed by atoms with van der Waals surface area (Å²) < 4.78 is 0. The number of para-hydroxylation sites is 1. The Kier molecular flexibility index (Phi) is 6.82. The van der Waals surface area contributed by atoms with Gasteiger partial charge in [0.05, 0.1) is 10.9 Å². The van der Waals surface area contributed by atoms with Crippen LogP contribution >= 0.6 is 11.8 Å². The van der Waals surface area contributed by atoms with Crippen molar-refractivity contribution in [3.8, 4) is 11.3 Å². The zero-order valence-corrected chi connectivity index (χ0v) is 17.3. The van der Waals surface area contributed by atoms with Crippen LogP contribution in [0.25, 0.3) is 11.3 Å². The van der Waals surface area contributed by atoms with Gasteiger partial charge >= 0.3 is 0 Å². The minimum absolute atomic E-state index is 0.00549. The van der Waals surface area contributed by atoms with Crippen molar-refractivity contribution >= 4 is 23.4 Å². The second kappa shape index (κ2) is 9.51. The highest BCUT2D eigenvalue weighted by molar-refractivity contribution is 8.00. The van der Waals surface area contributed by atoms with E-state index in [1.54, 1.807) is 0 Å². The van der Waals surface area contributed by atoms with Crippen molar-refractivity contribution in [1.29, 1.82) is 0 Å². The van der Waals surface area contributed by atoms with E-state index in [1.807, 2.05) is 74.5 Å². The van der Waals surface area contributed by atoms with Crippen LogP contribution in [-0.4, -0.2) is 21.1 Å². The number of nitrogens with one attached hydrogen (secondary N) is 1. The summed E-state index contributed by atoms with van der Waals surface area (Å²) in [4.78, 5) is 22.0. The Morgan fingerprint density at radius 2 is 1.75 bits per heavy atom. The van der Waals surface area contributed by atoms with E-state index in [1.165, 1.54) is 11.8 Å². The van der Waals surface area contributed by atoms with Crippen molar-refractivity contribution in [2.24, 2.45) is 0 Å². The maximum Gasteiger partial charge on any atom is 0.237 e. The Bertz CT molecular complexity index is 944. The first-order chi connectivity index (χ1) is 13.6. The van der Waals surface area contributed by atoms with Gasteiger partial charge in [0.15, 0.2) is 0 Å².